The van der Waals surface area contributed by atoms with Crippen molar-refractivity contribution in [3.63, 3.8) is 0 Å². The summed E-state index contributed by atoms with van der Waals surface area (Å²) in [5.41, 5.74) is 0. The number of hydrogen-bond donors (Lipinski definition) is 1. The van der Waals surface area contributed by atoms with E-state index in [0.717, 1.165) is 4.73 Å². The number of Topliss-reactive ketones (excluding diaryl/α,β-unsaturated/α-hetero) is 2. The van der Waals surface area contributed by atoms with Crippen molar-refractivity contribution in [1.82, 2.24) is 0 Å². The second kappa shape index (κ2) is 5.68. The predicted octanol–water partition coefficient (Wildman–Crippen LogP) is -0.780. The molecule has 0 saturated heterocycles. The molecular weight excluding hydrogens is 203 g/mol. The number of carbonyl (C=O) groups excluding carboxylic acids is 2. The summed E-state index contributed by atoms with van der Waals surface area (Å²) >= 11 is -1.39. The number of carboxylic acids is 1. The van der Waals surface area contributed by atoms with E-state index in [1.807, 2.05) is 0 Å². The van der Waals surface area contributed by atoms with Gasteiger partial charge in [0.2, 0.25) is 0 Å². The van der Waals surface area contributed by atoms with Gasteiger partial charge in [-0.3, -0.25) is 0 Å². The Morgan fingerprint density at radius 1 is 1.25 bits per heavy atom. The minimum absolute atomic E-state index is 0.468. The molecule has 6 heteroatoms. The van der Waals surface area contributed by atoms with Gasteiger partial charge in [-0.2, -0.15) is 0 Å². The number of carboxylic acid groups (broad SMARTS) is 1. The molecule has 0 bridgehead atoms. The molecule has 0 rings (SSSR count). The van der Waals surface area contributed by atoms with Crippen LogP contribution in [0.5, 0.6) is 0 Å². The van der Waals surface area contributed by atoms with Gasteiger partial charge in [0, 0.05) is 0 Å². The molecule has 65 valence electrons. The van der Waals surface area contributed by atoms with E-state index in [1.165, 1.54) is 0 Å². The van der Waals surface area contributed by atoms with Crippen molar-refractivity contribution in [2.45, 2.75) is 12.8 Å². The van der Waals surface area contributed by atoms with Crippen molar-refractivity contribution in [3.05, 3.63) is 0 Å². The Morgan fingerprint density at radius 2 is 1.83 bits per heavy atom. The van der Waals surface area contributed by atoms with Crippen LogP contribution in [0.25, 0.3) is 0 Å². The van der Waals surface area contributed by atoms with E-state index in [2.05, 4.69) is 0 Å². The molecule has 0 amide bonds. The Balaban J connectivity index is 3.93. The monoisotopic (exact) mass is 209 g/mol. The molecule has 12 heavy (non-hydrogen) atoms. The molecule has 0 aromatic carbocycles. The van der Waals surface area contributed by atoms with Crippen LogP contribution in [0.4, 0.5) is 0 Å². The van der Waals surface area contributed by atoms with E-state index in [4.69, 9.17) is 5.11 Å². The van der Waals surface area contributed by atoms with Gasteiger partial charge in [0.05, 0.1) is 0 Å². The van der Waals surface area contributed by atoms with Crippen LogP contribution in [0.1, 0.15) is 12.8 Å². The van der Waals surface area contributed by atoms with Gasteiger partial charge in [-0.15, -0.1) is 0 Å². The summed E-state index contributed by atoms with van der Waals surface area (Å²) in [6, 6.07) is 0. The van der Waals surface area contributed by atoms with Gasteiger partial charge in [0.15, 0.2) is 0 Å². The molecule has 0 aromatic rings. The van der Waals surface area contributed by atoms with E-state index in [9.17, 15) is 18.1 Å². The van der Waals surface area contributed by atoms with E-state index < -0.39 is 46.2 Å². The zero-order valence-corrected chi connectivity index (χ0v) is 7.42. The van der Waals surface area contributed by atoms with Gasteiger partial charge >= 0.3 is 74.1 Å². The van der Waals surface area contributed by atoms with Crippen LogP contribution < -0.4 is 0 Å². The summed E-state index contributed by atoms with van der Waals surface area (Å²) in [4.78, 5) is 31.2. The zero-order chi connectivity index (χ0) is 9.56. The standard InChI is InChI=1S/C6H6O4.O.V/c1-4(7)2-5(8)3-6(9)10;;/h1H,2-3H2,(H,9,10);;. The predicted molar refractivity (Wildman–Crippen MR) is 33.6 cm³/mol. The molecule has 0 aromatic heterocycles. The first-order valence-electron chi connectivity index (χ1n) is 2.98. The fourth-order valence-electron chi connectivity index (χ4n) is 0.530. The summed E-state index contributed by atoms with van der Waals surface area (Å²) in [5.74, 6) is -2.50. The van der Waals surface area contributed by atoms with Crippen LogP contribution in [0.3, 0.4) is 0 Å². The molecule has 0 atom stereocenters. The Hall–Kier alpha value is -0.936. The Bertz CT molecular complexity index is 263. The molecular formula is C6H6O5V. The van der Waals surface area contributed by atoms with E-state index >= 15 is 0 Å². The minimum atomic E-state index is -1.39. The van der Waals surface area contributed by atoms with Crippen molar-refractivity contribution >= 4 is 22.3 Å². The fourth-order valence-corrected chi connectivity index (χ4v) is 0.856. The molecule has 0 radical (unpaired) electrons. The number of aliphatic carboxylic acids is 1. The molecule has 5 nitrogen and oxygen atoms in total. The van der Waals surface area contributed by atoms with E-state index in [0.29, 0.717) is 0 Å². The third-order valence-corrected chi connectivity index (χ3v) is 1.53. The van der Waals surface area contributed by atoms with Crippen molar-refractivity contribution in [3.8, 4) is 0 Å². The van der Waals surface area contributed by atoms with E-state index in [1.54, 1.807) is 0 Å². The second-order valence-electron chi connectivity index (χ2n) is 1.99. The summed E-state index contributed by atoms with van der Waals surface area (Å²) < 4.78 is 10.8. The quantitative estimate of drug-likeness (QED) is 0.600. The van der Waals surface area contributed by atoms with E-state index in [-0.39, 0.29) is 0 Å². The van der Waals surface area contributed by atoms with Crippen molar-refractivity contribution in [2.24, 2.45) is 0 Å². The zero-order valence-electron chi connectivity index (χ0n) is 6.02. The number of rotatable bonds is 5. The maximum atomic E-state index is 10.6. The normalized spacial score (nSPS) is 8.33. The molecule has 0 aliphatic carbocycles. The summed E-state index contributed by atoms with van der Waals surface area (Å²) in [7, 11) is 0. The van der Waals surface area contributed by atoms with Gasteiger partial charge < -0.3 is 0 Å². The first kappa shape index (κ1) is 11.1. The van der Waals surface area contributed by atoms with Crippen molar-refractivity contribution in [1.29, 1.82) is 0 Å². The Labute approximate surface area is 74.6 Å². The topological polar surface area (TPSA) is 88.5 Å². The first-order chi connectivity index (χ1) is 5.56. The van der Waals surface area contributed by atoms with Gasteiger partial charge in [-0.25, -0.2) is 0 Å². The summed E-state index contributed by atoms with van der Waals surface area (Å²) in [6.07, 6.45) is -1.13. The van der Waals surface area contributed by atoms with Gasteiger partial charge in [0.25, 0.3) is 0 Å². The molecule has 0 saturated carbocycles. The Morgan fingerprint density at radius 3 is 2.25 bits per heavy atom. The van der Waals surface area contributed by atoms with Crippen LogP contribution in [-0.2, 0) is 33.8 Å². The van der Waals surface area contributed by atoms with Gasteiger partial charge in [-0.1, -0.05) is 0 Å². The third kappa shape index (κ3) is 5.82. The van der Waals surface area contributed by atoms with Crippen LogP contribution in [0.2, 0.25) is 0 Å². The van der Waals surface area contributed by atoms with Crippen molar-refractivity contribution in [2.75, 3.05) is 0 Å². The van der Waals surface area contributed by atoms with Crippen LogP contribution in [0, 0.1) is 0 Å². The molecule has 0 fully saturated rings. The molecule has 0 unspecified atom stereocenters. The molecule has 0 aliphatic heterocycles. The molecule has 0 heterocycles. The molecule has 1 N–H and O–H groups in total. The second-order valence-corrected chi connectivity index (χ2v) is 2.72. The Kier molecular flexibility index (Phi) is 5.24. The van der Waals surface area contributed by atoms with Gasteiger partial charge in [0.1, 0.15) is 0 Å². The molecule has 0 aliphatic rings. The molecule has 0 spiro atoms. The van der Waals surface area contributed by atoms with Crippen molar-refractivity contribution < 1.29 is 39.0 Å². The maximum absolute atomic E-state index is 10.6. The van der Waals surface area contributed by atoms with Crippen LogP contribution in [0.15, 0.2) is 0 Å². The van der Waals surface area contributed by atoms with Gasteiger partial charge in [-0.05, 0) is 0 Å². The first-order valence-corrected chi connectivity index (χ1v) is 4.36. The SMILES string of the molecule is [O]=[V]=[CH]C(=O)CC(=O)CC(=O)O. The number of ketones is 2. The number of carbonyl (C=O) groups is 3. The summed E-state index contributed by atoms with van der Waals surface area (Å²) in [6.45, 7) is 0. The summed E-state index contributed by atoms with van der Waals surface area (Å²) in [5, 5.41) is 8.13. The number of hydrogen-bond acceptors (Lipinski definition) is 4. The average molecular weight is 209 g/mol. The van der Waals surface area contributed by atoms with Crippen LogP contribution >= 0.6 is 0 Å². The van der Waals surface area contributed by atoms with Crippen LogP contribution in [-0.4, -0.2) is 27.4 Å². The third-order valence-electron chi connectivity index (χ3n) is 0.916. The fraction of sp³-hybridized carbons (Fsp3) is 0.333. The average Bonchev–Trinajstić information content (AvgIpc) is 1.84.